The third kappa shape index (κ3) is 68.6. The number of carbonyl (C=O) groups is 4. The summed E-state index contributed by atoms with van der Waals surface area (Å²) in [7, 11) is -9.91. The summed E-state index contributed by atoms with van der Waals surface area (Å²) in [5.74, 6) is 0.890. The highest BCUT2D eigenvalue weighted by atomic mass is 31.2. The van der Waals surface area contributed by atoms with Crippen molar-refractivity contribution in [2.24, 2.45) is 23.7 Å². The molecule has 0 radical (unpaired) electrons. The minimum atomic E-state index is -4.96. The van der Waals surface area contributed by atoms with Crippen LogP contribution in [0.5, 0.6) is 0 Å². The van der Waals surface area contributed by atoms with Crippen molar-refractivity contribution in [3.8, 4) is 0 Å². The third-order valence-electron chi connectivity index (χ3n) is 17.3. The van der Waals surface area contributed by atoms with E-state index in [1.807, 2.05) is 0 Å². The number of carbonyl (C=O) groups excluding carboxylic acids is 4. The zero-order chi connectivity index (χ0) is 69.6. The molecule has 0 aliphatic heterocycles. The van der Waals surface area contributed by atoms with Crippen molar-refractivity contribution in [1.82, 2.24) is 0 Å². The molecule has 0 spiro atoms. The fourth-order valence-electron chi connectivity index (χ4n) is 11.4. The molecule has 0 rings (SSSR count). The number of hydrogen-bond donors (Lipinski definition) is 3. The quantitative estimate of drug-likeness (QED) is 0.0222. The van der Waals surface area contributed by atoms with Crippen LogP contribution in [0.1, 0.15) is 376 Å². The summed E-state index contributed by atoms with van der Waals surface area (Å²) in [6.07, 6.45) is 48.7. The maximum atomic E-state index is 13.1. The van der Waals surface area contributed by atoms with E-state index >= 15 is 0 Å². The number of phosphoric ester groups is 2. The van der Waals surface area contributed by atoms with E-state index in [9.17, 15) is 43.2 Å². The second-order valence-corrected chi connectivity index (χ2v) is 31.9. The van der Waals surface area contributed by atoms with Crippen LogP contribution in [0, 0.1) is 23.7 Å². The lowest BCUT2D eigenvalue weighted by Crippen LogP contribution is -2.30. The average Bonchev–Trinajstić information content (AvgIpc) is 1.62. The molecule has 0 aliphatic rings. The summed E-state index contributed by atoms with van der Waals surface area (Å²) in [5, 5.41) is 10.6. The monoisotopic (exact) mass is 1380 g/mol. The van der Waals surface area contributed by atoms with Crippen LogP contribution in [-0.2, 0) is 65.4 Å². The van der Waals surface area contributed by atoms with Gasteiger partial charge < -0.3 is 33.8 Å². The van der Waals surface area contributed by atoms with Crippen molar-refractivity contribution in [2.45, 2.75) is 395 Å². The lowest BCUT2D eigenvalue weighted by atomic mass is 10.0. The average molecular weight is 1380 g/mol. The summed E-state index contributed by atoms with van der Waals surface area (Å²) in [4.78, 5) is 72.7. The van der Waals surface area contributed by atoms with E-state index in [1.54, 1.807) is 0 Å². The number of ether oxygens (including phenoxy) is 4. The van der Waals surface area contributed by atoms with Gasteiger partial charge in [-0.15, -0.1) is 0 Å². The first-order valence-corrected chi connectivity index (χ1v) is 41.7. The minimum Gasteiger partial charge on any atom is -0.462 e. The first kappa shape index (κ1) is 92.1. The van der Waals surface area contributed by atoms with Crippen molar-refractivity contribution in [2.75, 3.05) is 39.6 Å². The Morgan fingerprint density at radius 1 is 0.266 bits per heavy atom. The Morgan fingerprint density at radius 2 is 0.447 bits per heavy atom. The summed E-state index contributed by atoms with van der Waals surface area (Å²) in [6.45, 7) is 14.1. The van der Waals surface area contributed by atoms with Gasteiger partial charge in [0.25, 0.3) is 0 Å². The van der Waals surface area contributed by atoms with Crippen molar-refractivity contribution in [3.05, 3.63) is 0 Å². The van der Waals surface area contributed by atoms with E-state index in [2.05, 4.69) is 55.4 Å². The molecule has 0 aromatic heterocycles. The molecule has 0 amide bonds. The number of unbranched alkanes of at least 4 members (excludes halogenated alkanes) is 38. The standard InChI is InChI=1S/C75H146O17P2/c1-65(2)51-43-35-27-20-15-12-10-9-11-13-17-23-31-39-47-55-72(77)85-61-70(92-75(80)58-50-42-33-25-19-22-29-37-45-53-67(5)6)63-89-93(81,82)87-59-69(76)60-88-94(83,84)90-64-71(62-86-73(78)56-48-40-34-26-30-38-46-54-68(7)8)91-74(79)57-49-41-32-24-18-14-16-21-28-36-44-52-66(3)4/h65-71,76H,9-64H2,1-8H3,(H,81,82)(H,83,84)/t69?,70-,71-/m1/s1. The number of phosphoric acid groups is 2. The molecule has 3 N–H and O–H groups in total. The van der Waals surface area contributed by atoms with E-state index in [4.69, 9.17) is 37.0 Å². The summed E-state index contributed by atoms with van der Waals surface area (Å²) < 4.78 is 68.5. The van der Waals surface area contributed by atoms with E-state index in [0.29, 0.717) is 31.6 Å². The molecule has 558 valence electrons. The molecule has 0 aromatic carbocycles. The van der Waals surface area contributed by atoms with Crippen molar-refractivity contribution in [3.63, 3.8) is 0 Å². The lowest BCUT2D eigenvalue weighted by Gasteiger charge is -2.21. The molecule has 0 bridgehead atoms. The van der Waals surface area contributed by atoms with Gasteiger partial charge in [0.2, 0.25) is 0 Å². The van der Waals surface area contributed by atoms with Gasteiger partial charge >= 0.3 is 39.5 Å². The molecule has 3 unspecified atom stereocenters. The molecule has 17 nitrogen and oxygen atoms in total. The molecule has 0 aromatic rings. The van der Waals surface area contributed by atoms with E-state index < -0.39 is 97.5 Å². The molecule has 19 heteroatoms. The summed E-state index contributed by atoms with van der Waals surface area (Å²) in [5.41, 5.74) is 0. The molecular weight excluding hydrogens is 1230 g/mol. The predicted molar refractivity (Wildman–Crippen MR) is 381 cm³/mol. The topological polar surface area (TPSA) is 237 Å². The Kier molecular flexibility index (Phi) is 63.1. The minimum absolute atomic E-state index is 0.105. The van der Waals surface area contributed by atoms with Gasteiger partial charge in [-0.1, -0.05) is 325 Å². The Bertz CT molecular complexity index is 1850. The zero-order valence-corrected chi connectivity index (χ0v) is 63.4. The first-order chi connectivity index (χ1) is 45.1. The zero-order valence-electron chi connectivity index (χ0n) is 61.6. The number of rotatable bonds is 72. The van der Waals surface area contributed by atoms with Crippen LogP contribution >= 0.6 is 15.6 Å². The molecule has 94 heavy (non-hydrogen) atoms. The van der Waals surface area contributed by atoms with Crippen LogP contribution in [0.25, 0.3) is 0 Å². The normalized spacial score (nSPS) is 14.2. The number of aliphatic hydroxyl groups is 1. The smallest absolute Gasteiger partial charge is 0.462 e. The Balaban J connectivity index is 5.22. The Morgan fingerprint density at radius 3 is 0.660 bits per heavy atom. The van der Waals surface area contributed by atoms with Crippen LogP contribution in [0.2, 0.25) is 0 Å². The molecular formula is C75H146O17P2. The summed E-state index contributed by atoms with van der Waals surface area (Å²) in [6, 6.07) is 0. The highest BCUT2D eigenvalue weighted by Crippen LogP contribution is 2.45. The van der Waals surface area contributed by atoms with Gasteiger partial charge in [0.1, 0.15) is 19.3 Å². The van der Waals surface area contributed by atoms with E-state index in [0.717, 1.165) is 114 Å². The van der Waals surface area contributed by atoms with Gasteiger partial charge in [0.05, 0.1) is 26.4 Å². The van der Waals surface area contributed by atoms with Crippen molar-refractivity contribution < 1.29 is 80.2 Å². The van der Waals surface area contributed by atoms with E-state index in [-0.39, 0.29) is 25.7 Å². The Hall–Kier alpha value is -1.94. The van der Waals surface area contributed by atoms with Gasteiger partial charge in [-0.05, 0) is 49.4 Å². The van der Waals surface area contributed by atoms with Crippen LogP contribution in [0.4, 0.5) is 0 Å². The fraction of sp³-hybridized carbons (Fsp3) is 0.947. The van der Waals surface area contributed by atoms with Crippen LogP contribution in [0.3, 0.4) is 0 Å². The van der Waals surface area contributed by atoms with Gasteiger partial charge in [-0.2, -0.15) is 0 Å². The first-order valence-electron chi connectivity index (χ1n) is 38.7. The van der Waals surface area contributed by atoms with Gasteiger partial charge in [-0.25, -0.2) is 9.13 Å². The molecule has 0 heterocycles. The molecule has 0 saturated heterocycles. The Labute approximate surface area is 575 Å². The van der Waals surface area contributed by atoms with E-state index in [1.165, 1.54) is 173 Å². The maximum Gasteiger partial charge on any atom is 0.472 e. The van der Waals surface area contributed by atoms with Crippen LogP contribution in [0.15, 0.2) is 0 Å². The van der Waals surface area contributed by atoms with Gasteiger partial charge in [-0.3, -0.25) is 37.3 Å². The summed E-state index contributed by atoms with van der Waals surface area (Å²) >= 11 is 0. The van der Waals surface area contributed by atoms with Crippen molar-refractivity contribution in [1.29, 1.82) is 0 Å². The lowest BCUT2D eigenvalue weighted by molar-refractivity contribution is -0.161. The largest absolute Gasteiger partial charge is 0.472 e. The number of hydrogen-bond acceptors (Lipinski definition) is 15. The molecule has 0 saturated carbocycles. The highest BCUT2D eigenvalue weighted by Gasteiger charge is 2.30. The number of aliphatic hydroxyl groups excluding tert-OH is 1. The van der Waals surface area contributed by atoms with Crippen LogP contribution < -0.4 is 0 Å². The highest BCUT2D eigenvalue weighted by molar-refractivity contribution is 7.47. The van der Waals surface area contributed by atoms with Gasteiger partial charge in [0, 0.05) is 25.7 Å². The third-order valence-corrected chi connectivity index (χ3v) is 19.2. The van der Waals surface area contributed by atoms with Crippen LogP contribution in [-0.4, -0.2) is 96.7 Å². The predicted octanol–water partition coefficient (Wildman–Crippen LogP) is 21.7. The van der Waals surface area contributed by atoms with Crippen molar-refractivity contribution >= 4 is 39.5 Å². The second kappa shape index (κ2) is 64.4. The van der Waals surface area contributed by atoms with Gasteiger partial charge in [0.15, 0.2) is 12.2 Å². The fourth-order valence-corrected chi connectivity index (χ4v) is 13.0. The second-order valence-electron chi connectivity index (χ2n) is 28.9. The molecule has 0 fully saturated rings. The molecule has 0 aliphatic carbocycles. The molecule has 5 atom stereocenters. The SMILES string of the molecule is CC(C)CCCCCCCCCCCCCCCCCC(=O)OC[C@H](COP(=O)(O)OCC(O)COP(=O)(O)OC[C@@H](COC(=O)CCCCCCCCCC(C)C)OC(=O)CCCCCCCCCCCCCC(C)C)OC(=O)CCCCCCCCCCCC(C)C. The number of esters is 4. The maximum absolute atomic E-state index is 13.1.